The molecule has 0 radical (unpaired) electrons. The summed E-state index contributed by atoms with van der Waals surface area (Å²) < 4.78 is 16.0. The molecule has 0 bridgehead atoms. The van der Waals surface area contributed by atoms with Gasteiger partial charge in [-0.25, -0.2) is 0 Å². The van der Waals surface area contributed by atoms with Gasteiger partial charge in [0.25, 0.3) is 0 Å². The van der Waals surface area contributed by atoms with Gasteiger partial charge >= 0.3 is 0 Å². The van der Waals surface area contributed by atoms with E-state index in [0.717, 1.165) is 22.6 Å². The van der Waals surface area contributed by atoms with E-state index in [1.807, 2.05) is 55.5 Å². The summed E-state index contributed by atoms with van der Waals surface area (Å²) >= 11 is 0. The number of amides is 1. The summed E-state index contributed by atoms with van der Waals surface area (Å²) in [5.74, 6) is 1.96. The molecule has 0 saturated heterocycles. The summed E-state index contributed by atoms with van der Waals surface area (Å²) in [7, 11) is 1.63. The smallest absolute Gasteiger partial charge is 0.244 e. The van der Waals surface area contributed by atoms with Crippen LogP contribution in [0.15, 0.2) is 77.4 Å². The lowest BCUT2D eigenvalue weighted by atomic mass is 9.98. The predicted octanol–water partition coefficient (Wildman–Crippen LogP) is 4.61. The zero-order chi connectivity index (χ0) is 19.8. The van der Waals surface area contributed by atoms with Crippen molar-refractivity contribution in [3.63, 3.8) is 0 Å². The maximum atomic E-state index is 12.5. The van der Waals surface area contributed by atoms with E-state index in [0.29, 0.717) is 12.4 Å². The van der Waals surface area contributed by atoms with Crippen molar-refractivity contribution in [1.29, 1.82) is 0 Å². The van der Waals surface area contributed by atoms with Crippen LogP contribution >= 0.6 is 0 Å². The summed E-state index contributed by atoms with van der Waals surface area (Å²) in [5.41, 5.74) is 1.90. The molecule has 28 heavy (non-hydrogen) atoms. The number of carbonyl (C=O) groups is 1. The van der Waals surface area contributed by atoms with Crippen LogP contribution in [0.25, 0.3) is 6.08 Å². The zero-order valence-electron chi connectivity index (χ0n) is 15.9. The monoisotopic (exact) mass is 377 g/mol. The van der Waals surface area contributed by atoms with E-state index in [9.17, 15) is 4.79 Å². The van der Waals surface area contributed by atoms with Gasteiger partial charge in [0.1, 0.15) is 17.3 Å². The molecule has 1 heterocycles. The van der Waals surface area contributed by atoms with Gasteiger partial charge in [0.15, 0.2) is 0 Å². The second-order valence-corrected chi connectivity index (χ2v) is 6.07. The Balaban J connectivity index is 1.83. The molecule has 0 aliphatic carbocycles. The molecule has 0 fully saturated rings. The van der Waals surface area contributed by atoms with Crippen molar-refractivity contribution in [3.8, 4) is 11.5 Å². The average Bonchev–Trinajstić information content (AvgIpc) is 3.25. The van der Waals surface area contributed by atoms with Crippen molar-refractivity contribution in [2.45, 2.75) is 13.0 Å². The van der Waals surface area contributed by atoms with Crippen molar-refractivity contribution in [1.82, 2.24) is 5.32 Å². The second-order valence-electron chi connectivity index (χ2n) is 6.07. The number of furan rings is 1. The predicted molar refractivity (Wildman–Crippen MR) is 108 cm³/mol. The summed E-state index contributed by atoms with van der Waals surface area (Å²) in [6.45, 7) is 2.55. The molecule has 5 heteroatoms. The minimum atomic E-state index is -0.310. The highest BCUT2D eigenvalue weighted by atomic mass is 16.5. The molecule has 1 N–H and O–H groups in total. The Morgan fingerprint density at radius 2 is 1.68 bits per heavy atom. The van der Waals surface area contributed by atoms with Crippen LogP contribution in [0.4, 0.5) is 0 Å². The molecule has 0 aliphatic heterocycles. The molecule has 0 spiro atoms. The van der Waals surface area contributed by atoms with Crippen molar-refractivity contribution >= 4 is 12.0 Å². The van der Waals surface area contributed by atoms with Crippen molar-refractivity contribution in [3.05, 3.63) is 89.9 Å². The van der Waals surface area contributed by atoms with Crippen LogP contribution in [0.5, 0.6) is 11.5 Å². The number of methoxy groups -OCH3 is 1. The van der Waals surface area contributed by atoms with Crippen LogP contribution in [0.3, 0.4) is 0 Å². The highest BCUT2D eigenvalue weighted by Crippen LogP contribution is 2.26. The van der Waals surface area contributed by atoms with E-state index in [-0.39, 0.29) is 11.9 Å². The molecule has 0 saturated carbocycles. The van der Waals surface area contributed by atoms with Gasteiger partial charge in [-0.3, -0.25) is 4.79 Å². The van der Waals surface area contributed by atoms with Gasteiger partial charge in [-0.15, -0.1) is 0 Å². The molecule has 1 atom stereocenters. The third-order valence-corrected chi connectivity index (χ3v) is 4.20. The molecule has 3 aromatic rings. The minimum Gasteiger partial charge on any atom is -0.497 e. The van der Waals surface area contributed by atoms with Crippen LogP contribution in [-0.2, 0) is 4.79 Å². The minimum absolute atomic E-state index is 0.217. The normalized spacial score (nSPS) is 11.9. The Hall–Kier alpha value is -3.47. The second kappa shape index (κ2) is 9.46. The third-order valence-electron chi connectivity index (χ3n) is 4.20. The van der Waals surface area contributed by atoms with Gasteiger partial charge in [-0.2, -0.15) is 0 Å². The lowest BCUT2D eigenvalue weighted by molar-refractivity contribution is -0.116. The van der Waals surface area contributed by atoms with E-state index in [1.165, 1.54) is 6.08 Å². The quantitative estimate of drug-likeness (QED) is 0.583. The Bertz CT molecular complexity index is 897. The molecule has 2 aromatic carbocycles. The largest absolute Gasteiger partial charge is 0.497 e. The maximum Gasteiger partial charge on any atom is 0.244 e. The molecule has 5 nitrogen and oxygen atoms in total. The first-order valence-corrected chi connectivity index (χ1v) is 9.08. The lowest BCUT2D eigenvalue weighted by Crippen LogP contribution is -2.27. The number of carbonyl (C=O) groups excluding carboxylic acids is 1. The average molecular weight is 377 g/mol. The summed E-state index contributed by atoms with van der Waals surface area (Å²) in [6, 6.07) is 18.6. The Morgan fingerprint density at radius 1 is 1.04 bits per heavy atom. The highest BCUT2D eigenvalue weighted by molar-refractivity contribution is 5.91. The number of hydrogen-bond acceptors (Lipinski definition) is 4. The van der Waals surface area contributed by atoms with Crippen molar-refractivity contribution in [2.75, 3.05) is 13.7 Å². The third kappa shape index (κ3) is 5.04. The molecule has 144 valence electrons. The Morgan fingerprint density at radius 3 is 2.21 bits per heavy atom. The Labute approximate surface area is 164 Å². The first kappa shape index (κ1) is 19.3. The molecule has 0 unspecified atom stereocenters. The fourth-order valence-corrected chi connectivity index (χ4v) is 2.81. The van der Waals surface area contributed by atoms with E-state index in [2.05, 4.69) is 5.32 Å². The van der Waals surface area contributed by atoms with E-state index in [1.54, 1.807) is 31.6 Å². The molecule has 1 aromatic heterocycles. The van der Waals surface area contributed by atoms with Gasteiger partial charge in [0.05, 0.1) is 26.0 Å². The zero-order valence-corrected chi connectivity index (χ0v) is 15.9. The molecular formula is C23H23NO4. The molecule has 3 rings (SSSR count). The molecular weight excluding hydrogens is 354 g/mol. The maximum absolute atomic E-state index is 12.5. The van der Waals surface area contributed by atoms with Crippen LogP contribution in [0.2, 0.25) is 0 Å². The fraction of sp³-hybridized carbons (Fsp3) is 0.174. The van der Waals surface area contributed by atoms with E-state index in [4.69, 9.17) is 13.9 Å². The number of ether oxygens (including phenoxy) is 2. The van der Waals surface area contributed by atoms with Gasteiger partial charge in [-0.05, 0) is 60.5 Å². The van der Waals surface area contributed by atoms with Crippen LogP contribution < -0.4 is 14.8 Å². The summed E-state index contributed by atoms with van der Waals surface area (Å²) in [6.07, 6.45) is 4.67. The van der Waals surface area contributed by atoms with Crippen LogP contribution in [0.1, 0.15) is 29.9 Å². The van der Waals surface area contributed by atoms with E-state index < -0.39 is 0 Å². The molecule has 1 amide bonds. The summed E-state index contributed by atoms with van der Waals surface area (Å²) in [4.78, 5) is 12.5. The Kier molecular flexibility index (Phi) is 6.52. The van der Waals surface area contributed by atoms with Crippen LogP contribution in [-0.4, -0.2) is 19.6 Å². The first-order valence-electron chi connectivity index (χ1n) is 9.08. The number of hydrogen-bond donors (Lipinski definition) is 1. The number of nitrogens with one attached hydrogen (secondary N) is 1. The fourth-order valence-electron chi connectivity index (χ4n) is 2.81. The standard InChI is InChI=1S/C23H23NO4/c1-3-27-21-12-8-18(9-13-21)23(17-6-10-19(26-2)11-7-17)24-22(25)15-14-20-5-4-16-28-20/h4-16,23H,3H2,1-2H3,(H,24,25)/b15-14+/t23-/m0/s1. The van der Waals surface area contributed by atoms with Gasteiger partial charge in [0.2, 0.25) is 5.91 Å². The van der Waals surface area contributed by atoms with Crippen LogP contribution in [0, 0.1) is 0 Å². The molecule has 0 aliphatic rings. The lowest BCUT2D eigenvalue weighted by Gasteiger charge is -2.20. The summed E-state index contributed by atoms with van der Waals surface area (Å²) in [5, 5.41) is 3.05. The van der Waals surface area contributed by atoms with Gasteiger partial charge in [-0.1, -0.05) is 24.3 Å². The first-order chi connectivity index (χ1) is 13.7. The van der Waals surface area contributed by atoms with E-state index >= 15 is 0 Å². The number of benzene rings is 2. The SMILES string of the molecule is CCOc1ccc([C@@H](NC(=O)/C=C/c2ccco2)c2ccc(OC)cc2)cc1. The number of rotatable bonds is 8. The topological polar surface area (TPSA) is 60.7 Å². The highest BCUT2D eigenvalue weighted by Gasteiger charge is 2.16. The van der Waals surface area contributed by atoms with Gasteiger partial charge < -0.3 is 19.2 Å². The van der Waals surface area contributed by atoms with Gasteiger partial charge in [0, 0.05) is 6.08 Å². The van der Waals surface area contributed by atoms with Crippen molar-refractivity contribution in [2.24, 2.45) is 0 Å². The van der Waals surface area contributed by atoms with Crippen molar-refractivity contribution < 1.29 is 18.7 Å².